The highest BCUT2D eigenvalue weighted by Crippen LogP contribution is 2.29. The minimum atomic E-state index is -3.73. The van der Waals surface area contributed by atoms with Gasteiger partial charge in [0.05, 0.1) is 5.51 Å². The van der Waals surface area contributed by atoms with Crippen LogP contribution in [0.25, 0.3) is 0 Å². The van der Waals surface area contributed by atoms with E-state index in [9.17, 15) is 13.2 Å². The van der Waals surface area contributed by atoms with Crippen molar-refractivity contribution >= 4 is 27.3 Å². The fourth-order valence-corrected chi connectivity index (χ4v) is 5.09. The van der Waals surface area contributed by atoms with Gasteiger partial charge in [-0.2, -0.15) is 4.31 Å². The minimum Gasteiger partial charge on any atom is -0.476 e. The fraction of sp³-hybridized carbons (Fsp3) is 0.636. The molecule has 8 heteroatoms. The van der Waals surface area contributed by atoms with Crippen LogP contribution in [0, 0.1) is 5.92 Å². The molecule has 0 bridgehead atoms. The van der Waals surface area contributed by atoms with Crippen molar-refractivity contribution < 1.29 is 18.3 Å². The van der Waals surface area contributed by atoms with Gasteiger partial charge in [0.2, 0.25) is 0 Å². The molecule has 0 amide bonds. The first-order valence-electron chi connectivity index (χ1n) is 6.13. The van der Waals surface area contributed by atoms with Gasteiger partial charge >= 0.3 is 5.97 Å². The Balaban J connectivity index is 2.31. The van der Waals surface area contributed by atoms with Crippen molar-refractivity contribution in [2.24, 2.45) is 5.92 Å². The van der Waals surface area contributed by atoms with Crippen LogP contribution < -0.4 is 0 Å². The number of thiazole rings is 1. The molecule has 1 atom stereocenters. The summed E-state index contributed by atoms with van der Waals surface area (Å²) in [6, 6.07) is 0. The molecule has 6 nitrogen and oxygen atoms in total. The minimum absolute atomic E-state index is 0.156. The normalized spacial score (nSPS) is 21.4. The predicted octanol–water partition coefficient (Wildman–Crippen LogP) is 1.65. The van der Waals surface area contributed by atoms with Gasteiger partial charge in [-0.3, -0.25) is 0 Å². The van der Waals surface area contributed by atoms with Gasteiger partial charge in [-0.1, -0.05) is 13.3 Å². The lowest BCUT2D eigenvalue weighted by Crippen LogP contribution is -2.39. The van der Waals surface area contributed by atoms with Crippen LogP contribution >= 0.6 is 11.3 Å². The number of carbonyl (C=O) groups is 1. The summed E-state index contributed by atoms with van der Waals surface area (Å²) in [6.45, 7) is 2.96. The number of hydrogen-bond acceptors (Lipinski definition) is 5. The number of aromatic nitrogens is 1. The first-order chi connectivity index (χ1) is 8.96. The van der Waals surface area contributed by atoms with Gasteiger partial charge in [-0.25, -0.2) is 18.2 Å². The smallest absolute Gasteiger partial charge is 0.356 e. The second-order valence-electron chi connectivity index (χ2n) is 4.57. The molecule has 0 radical (unpaired) electrons. The molecule has 0 spiro atoms. The Labute approximate surface area is 116 Å². The Hall–Kier alpha value is -0.990. The quantitative estimate of drug-likeness (QED) is 0.914. The zero-order valence-corrected chi connectivity index (χ0v) is 12.2. The van der Waals surface area contributed by atoms with Gasteiger partial charge < -0.3 is 5.11 Å². The number of aromatic carboxylic acids is 1. The van der Waals surface area contributed by atoms with E-state index in [2.05, 4.69) is 4.98 Å². The van der Waals surface area contributed by atoms with Gasteiger partial charge in [0, 0.05) is 13.1 Å². The Morgan fingerprint density at radius 2 is 2.37 bits per heavy atom. The summed E-state index contributed by atoms with van der Waals surface area (Å²) in [6.07, 6.45) is 2.77. The molecule has 1 fully saturated rings. The summed E-state index contributed by atoms with van der Waals surface area (Å²) < 4.78 is 26.2. The first kappa shape index (κ1) is 14.4. The summed E-state index contributed by atoms with van der Waals surface area (Å²) in [7, 11) is -3.73. The molecule has 2 heterocycles. The van der Waals surface area contributed by atoms with Gasteiger partial charge in [-0.15, -0.1) is 11.3 Å². The van der Waals surface area contributed by atoms with Crippen LogP contribution in [-0.4, -0.2) is 41.9 Å². The van der Waals surface area contributed by atoms with Crippen LogP contribution in [0.2, 0.25) is 0 Å². The first-order valence-corrected chi connectivity index (χ1v) is 8.45. The van der Waals surface area contributed by atoms with Crippen molar-refractivity contribution in [3.05, 3.63) is 11.2 Å². The van der Waals surface area contributed by atoms with Crippen molar-refractivity contribution in [3.63, 3.8) is 0 Å². The van der Waals surface area contributed by atoms with E-state index in [1.54, 1.807) is 0 Å². The maximum atomic E-state index is 12.5. The predicted molar refractivity (Wildman–Crippen MR) is 70.8 cm³/mol. The monoisotopic (exact) mass is 304 g/mol. The van der Waals surface area contributed by atoms with E-state index in [0.29, 0.717) is 19.0 Å². The molecule has 19 heavy (non-hydrogen) atoms. The van der Waals surface area contributed by atoms with E-state index in [-0.39, 0.29) is 9.90 Å². The fourth-order valence-electron chi connectivity index (χ4n) is 2.26. The Morgan fingerprint density at radius 3 is 3.00 bits per heavy atom. The van der Waals surface area contributed by atoms with Crippen molar-refractivity contribution in [1.82, 2.24) is 9.29 Å². The summed E-state index contributed by atoms with van der Waals surface area (Å²) in [5.74, 6) is -0.950. The lowest BCUT2D eigenvalue weighted by atomic mass is 9.97. The molecule has 1 aromatic heterocycles. The molecule has 106 valence electrons. The van der Waals surface area contributed by atoms with Gasteiger partial charge in [0.15, 0.2) is 9.90 Å². The molecular formula is C11H16N2O4S2. The van der Waals surface area contributed by atoms with Crippen LogP contribution in [0.15, 0.2) is 9.72 Å². The standard InChI is InChI=1S/C11H16N2O4S2/c1-2-8-4-3-5-13(6-8)19(16,17)11-9(10(14)15)12-7-18-11/h7-8H,2-6H2,1H3,(H,14,15). The summed E-state index contributed by atoms with van der Waals surface area (Å²) in [4.78, 5) is 14.6. The van der Waals surface area contributed by atoms with E-state index >= 15 is 0 Å². The van der Waals surface area contributed by atoms with Crippen LogP contribution in [0.5, 0.6) is 0 Å². The molecule has 1 N–H and O–H groups in total. The number of rotatable bonds is 4. The second kappa shape index (κ2) is 5.56. The molecule has 1 saturated heterocycles. The van der Waals surface area contributed by atoms with Gasteiger partial charge in [0.1, 0.15) is 0 Å². The van der Waals surface area contributed by atoms with E-state index in [1.165, 1.54) is 9.82 Å². The van der Waals surface area contributed by atoms with E-state index in [0.717, 1.165) is 30.6 Å². The summed E-state index contributed by atoms with van der Waals surface area (Å²) >= 11 is 0.866. The zero-order chi connectivity index (χ0) is 14.0. The summed E-state index contributed by atoms with van der Waals surface area (Å²) in [5.41, 5.74) is 0.890. The zero-order valence-electron chi connectivity index (χ0n) is 10.6. The van der Waals surface area contributed by atoms with Crippen molar-refractivity contribution in [2.45, 2.75) is 30.4 Å². The molecule has 0 aromatic carbocycles. The van der Waals surface area contributed by atoms with Crippen molar-refractivity contribution in [2.75, 3.05) is 13.1 Å². The molecule has 1 aliphatic heterocycles. The Morgan fingerprint density at radius 1 is 1.63 bits per heavy atom. The van der Waals surface area contributed by atoms with E-state index in [1.807, 2.05) is 6.92 Å². The highest BCUT2D eigenvalue weighted by molar-refractivity contribution is 7.91. The molecule has 0 aliphatic carbocycles. The highest BCUT2D eigenvalue weighted by atomic mass is 32.2. The maximum absolute atomic E-state index is 12.5. The molecule has 2 rings (SSSR count). The average molecular weight is 304 g/mol. The summed E-state index contributed by atoms with van der Waals surface area (Å²) in [5, 5.41) is 8.98. The number of carboxylic acid groups (broad SMARTS) is 1. The second-order valence-corrected chi connectivity index (χ2v) is 7.56. The molecule has 1 unspecified atom stereocenters. The van der Waals surface area contributed by atoms with Gasteiger partial charge in [0.25, 0.3) is 10.0 Å². The van der Waals surface area contributed by atoms with E-state index < -0.39 is 16.0 Å². The lowest BCUT2D eigenvalue weighted by Gasteiger charge is -2.30. The average Bonchev–Trinajstić information content (AvgIpc) is 2.89. The van der Waals surface area contributed by atoms with Gasteiger partial charge in [-0.05, 0) is 18.8 Å². The number of carboxylic acids is 1. The third-order valence-electron chi connectivity index (χ3n) is 3.37. The third-order valence-corrected chi connectivity index (χ3v) is 6.58. The van der Waals surface area contributed by atoms with E-state index in [4.69, 9.17) is 5.11 Å². The van der Waals surface area contributed by atoms with Crippen molar-refractivity contribution in [1.29, 1.82) is 0 Å². The molecule has 0 saturated carbocycles. The SMILES string of the molecule is CCC1CCCN(S(=O)(=O)c2scnc2C(=O)O)C1. The number of hydrogen-bond donors (Lipinski definition) is 1. The largest absolute Gasteiger partial charge is 0.476 e. The van der Waals surface area contributed by atoms with Crippen LogP contribution in [0.4, 0.5) is 0 Å². The number of piperidine rings is 1. The van der Waals surface area contributed by atoms with Crippen LogP contribution in [-0.2, 0) is 10.0 Å². The molecule has 1 aromatic rings. The third kappa shape index (κ3) is 2.80. The lowest BCUT2D eigenvalue weighted by molar-refractivity contribution is 0.0687. The van der Waals surface area contributed by atoms with Crippen LogP contribution in [0.1, 0.15) is 36.7 Å². The highest BCUT2D eigenvalue weighted by Gasteiger charge is 2.34. The number of sulfonamides is 1. The molecular weight excluding hydrogens is 288 g/mol. The topological polar surface area (TPSA) is 87.6 Å². The Kier molecular flexibility index (Phi) is 4.22. The van der Waals surface area contributed by atoms with Crippen LogP contribution in [0.3, 0.4) is 0 Å². The Bertz CT molecular complexity index is 567. The molecule has 1 aliphatic rings. The van der Waals surface area contributed by atoms with Crippen molar-refractivity contribution in [3.8, 4) is 0 Å². The number of nitrogens with zero attached hydrogens (tertiary/aromatic N) is 2. The maximum Gasteiger partial charge on any atom is 0.356 e.